The molecule has 1 aromatic heterocycles. The zero-order chi connectivity index (χ0) is 11.8. The zero-order valence-electron chi connectivity index (χ0n) is 10.9. The highest BCUT2D eigenvalue weighted by Gasteiger charge is 2.13. The summed E-state index contributed by atoms with van der Waals surface area (Å²) in [6.07, 6.45) is 10.2. The Balaban J connectivity index is 2.53. The van der Waals surface area contributed by atoms with Gasteiger partial charge in [0.2, 0.25) is 0 Å². The molecule has 3 nitrogen and oxygen atoms in total. The average molecular weight is 223 g/mol. The van der Waals surface area contributed by atoms with Gasteiger partial charge in [-0.3, -0.25) is 0 Å². The predicted octanol–water partition coefficient (Wildman–Crippen LogP) is 3.04. The number of nitrogens with one attached hydrogen (secondary N) is 1. The number of nitrogens with zero attached hydrogens (tertiary/aromatic N) is 2. The van der Waals surface area contributed by atoms with Crippen LogP contribution in [0.5, 0.6) is 0 Å². The monoisotopic (exact) mass is 223 g/mol. The molecule has 92 valence electrons. The SMILES string of the molecule is CCCCCC(NCCC)c1cncn1C. The van der Waals surface area contributed by atoms with Crippen LogP contribution in [-0.2, 0) is 7.05 Å². The van der Waals surface area contributed by atoms with Crippen molar-refractivity contribution in [2.75, 3.05) is 6.54 Å². The largest absolute Gasteiger partial charge is 0.336 e. The Morgan fingerprint density at radius 3 is 2.69 bits per heavy atom. The second-order valence-electron chi connectivity index (χ2n) is 4.43. The first-order chi connectivity index (χ1) is 7.79. The maximum atomic E-state index is 4.20. The van der Waals surface area contributed by atoms with E-state index >= 15 is 0 Å². The molecule has 0 bridgehead atoms. The minimum absolute atomic E-state index is 0.471. The van der Waals surface area contributed by atoms with Crippen LogP contribution in [-0.4, -0.2) is 16.1 Å². The van der Waals surface area contributed by atoms with Crippen molar-refractivity contribution < 1.29 is 0 Å². The lowest BCUT2D eigenvalue weighted by atomic mass is 10.1. The smallest absolute Gasteiger partial charge is 0.0946 e. The van der Waals surface area contributed by atoms with E-state index in [1.165, 1.54) is 37.8 Å². The summed E-state index contributed by atoms with van der Waals surface area (Å²) in [6, 6.07) is 0.471. The summed E-state index contributed by atoms with van der Waals surface area (Å²) in [5.41, 5.74) is 1.31. The van der Waals surface area contributed by atoms with Crippen molar-refractivity contribution in [3.8, 4) is 0 Å². The van der Waals surface area contributed by atoms with Crippen LogP contribution in [0, 0.1) is 0 Å². The standard InChI is InChI=1S/C13H25N3/c1-4-6-7-8-12(15-9-5-2)13-10-14-11-16(13)3/h10-12,15H,4-9H2,1-3H3. The Labute approximate surface area is 99.3 Å². The minimum Gasteiger partial charge on any atom is -0.336 e. The second kappa shape index (κ2) is 7.44. The van der Waals surface area contributed by atoms with Crippen LogP contribution >= 0.6 is 0 Å². The number of rotatable bonds is 8. The molecular formula is C13H25N3. The van der Waals surface area contributed by atoms with Crippen molar-refractivity contribution in [2.24, 2.45) is 7.05 Å². The van der Waals surface area contributed by atoms with Gasteiger partial charge in [0.05, 0.1) is 12.0 Å². The van der Waals surface area contributed by atoms with Gasteiger partial charge < -0.3 is 9.88 Å². The number of hydrogen-bond acceptors (Lipinski definition) is 2. The highest BCUT2D eigenvalue weighted by atomic mass is 15.1. The van der Waals surface area contributed by atoms with Crippen molar-refractivity contribution in [1.82, 2.24) is 14.9 Å². The molecule has 1 aromatic rings. The van der Waals surface area contributed by atoms with Gasteiger partial charge in [-0.25, -0.2) is 4.98 Å². The maximum absolute atomic E-state index is 4.20. The molecule has 0 aliphatic carbocycles. The molecule has 0 amide bonds. The summed E-state index contributed by atoms with van der Waals surface area (Å²) in [7, 11) is 2.07. The molecule has 0 aliphatic rings. The topological polar surface area (TPSA) is 29.9 Å². The first-order valence-corrected chi connectivity index (χ1v) is 6.49. The molecule has 0 saturated carbocycles. The normalized spacial score (nSPS) is 12.9. The second-order valence-corrected chi connectivity index (χ2v) is 4.43. The molecule has 1 rings (SSSR count). The molecular weight excluding hydrogens is 198 g/mol. The summed E-state index contributed by atoms with van der Waals surface area (Å²) in [5, 5.41) is 3.61. The van der Waals surface area contributed by atoms with Gasteiger partial charge >= 0.3 is 0 Å². The van der Waals surface area contributed by atoms with E-state index in [1.54, 1.807) is 0 Å². The van der Waals surface area contributed by atoms with E-state index < -0.39 is 0 Å². The third-order valence-electron chi connectivity index (χ3n) is 2.95. The average Bonchev–Trinajstić information content (AvgIpc) is 2.70. The lowest BCUT2D eigenvalue weighted by molar-refractivity contribution is 0.455. The molecule has 0 aromatic carbocycles. The van der Waals surface area contributed by atoms with E-state index in [4.69, 9.17) is 0 Å². The highest BCUT2D eigenvalue weighted by Crippen LogP contribution is 2.19. The Bertz CT molecular complexity index is 280. The highest BCUT2D eigenvalue weighted by molar-refractivity contribution is 5.04. The third kappa shape index (κ3) is 3.97. The van der Waals surface area contributed by atoms with E-state index in [1.807, 2.05) is 12.5 Å². The number of hydrogen-bond donors (Lipinski definition) is 1. The van der Waals surface area contributed by atoms with Gasteiger partial charge in [-0.05, 0) is 19.4 Å². The fourth-order valence-corrected chi connectivity index (χ4v) is 1.97. The Kier molecular flexibility index (Phi) is 6.16. The van der Waals surface area contributed by atoms with Crippen molar-refractivity contribution in [2.45, 2.75) is 52.0 Å². The molecule has 16 heavy (non-hydrogen) atoms. The molecule has 0 aliphatic heterocycles. The summed E-state index contributed by atoms with van der Waals surface area (Å²) in [4.78, 5) is 4.20. The van der Waals surface area contributed by atoms with Crippen LogP contribution in [0.4, 0.5) is 0 Å². The Morgan fingerprint density at radius 1 is 1.31 bits per heavy atom. The molecule has 1 atom stereocenters. The lowest BCUT2D eigenvalue weighted by Crippen LogP contribution is -2.23. The van der Waals surface area contributed by atoms with Crippen molar-refractivity contribution in [3.05, 3.63) is 18.2 Å². The number of unbranched alkanes of at least 4 members (excludes halogenated alkanes) is 2. The molecule has 0 radical (unpaired) electrons. The van der Waals surface area contributed by atoms with Crippen LogP contribution < -0.4 is 5.32 Å². The van der Waals surface area contributed by atoms with Crippen molar-refractivity contribution >= 4 is 0 Å². The van der Waals surface area contributed by atoms with E-state index in [0.29, 0.717) is 6.04 Å². The molecule has 1 N–H and O–H groups in total. The number of imidazole rings is 1. The first-order valence-electron chi connectivity index (χ1n) is 6.49. The van der Waals surface area contributed by atoms with Crippen LogP contribution in [0.3, 0.4) is 0 Å². The van der Waals surface area contributed by atoms with Gasteiger partial charge in [0.1, 0.15) is 0 Å². The summed E-state index contributed by atoms with van der Waals surface area (Å²) < 4.78 is 2.12. The van der Waals surface area contributed by atoms with Crippen LogP contribution in [0.15, 0.2) is 12.5 Å². The van der Waals surface area contributed by atoms with Gasteiger partial charge in [0.15, 0.2) is 0 Å². The summed E-state index contributed by atoms with van der Waals surface area (Å²) >= 11 is 0. The van der Waals surface area contributed by atoms with Crippen LogP contribution in [0.1, 0.15) is 57.7 Å². The molecule has 0 spiro atoms. The Morgan fingerprint density at radius 2 is 2.12 bits per heavy atom. The first kappa shape index (κ1) is 13.2. The fraction of sp³-hybridized carbons (Fsp3) is 0.769. The lowest BCUT2D eigenvalue weighted by Gasteiger charge is -2.18. The minimum atomic E-state index is 0.471. The van der Waals surface area contributed by atoms with E-state index in [0.717, 1.165) is 6.54 Å². The summed E-state index contributed by atoms with van der Waals surface area (Å²) in [5.74, 6) is 0. The Hall–Kier alpha value is -0.830. The van der Waals surface area contributed by atoms with E-state index in [2.05, 4.69) is 35.8 Å². The van der Waals surface area contributed by atoms with Gasteiger partial charge in [0.25, 0.3) is 0 Å². The van der Waals surface area contributed by atoms with Gasteiger partial charge in [0, 0.05) is 19.3 Å². The maximum Gasteiger partial charge on any atom is 0.0946 e. The fourth-order valence-electron chi connectivity index (χ4n) is 1.97. The van der Waals surface area contributed by atoms with Gasteiger partial charge in [-0.15, -0.1) is 0 Å². The molecule has 1 unspecified atom stereocenters. The van der Waals surface area contributed by atoms with E-state index in [9.17, 15) is 0 Å². The zero-order valence-corrected chi connectivity index (χ0v) is 10.9. The van der Waals surface area contributed by atoms with Crippen LogP contribution in [0.2, 0.25) is 0 Å². The molecule has 0 saturated heterocycles. The number of aromatic nitrogens is 2. The van der Waals surface area contributed by atoms with Crippen molar-refractivity contribution in [1.29, 1.82) is 0 Å². The summed E-state index contributed by atoms with van der Waals surface area (Å²) in [6.45, 7) is 5.54. The predicted molar refractivity (Wildman–Crippen MR) is 68.4 cm³/mol. The molecule has 0 fully saturated rings. The third-order valence-corrected chi connectivity index (χ3v) is 2.95. The van der Waals surface area contributed by atoms with Gasteiger partial charge in [-0.2, -0.15) is 0 Å². The molecule has 3 heteroatoms. The van der Waals surface area contributed by atoms with E-state index in [-0.39, 0.29) is 0 Å². The molecule has 1 heterocycles. The number of aryl methyl sites for hydroxylation is 1. The van der Waals surface area contributed by atoms with Crippen molar-refractivity contribution in [3.63, 3.8) is 0 Å². The quantitative estimate of drug-likeness (QED) is 0.686. The van der Waals surface area contributed by atoms with Gasteiger partial charge in [-0.1, -0.05) is 33.1 Å². The van der Waals surface area contributed by atoms with Crippen LogP contribution in [0.25, 0.3) is 0 Å².